The molecule has 0 saturated carbocycles. The SMILES string of the molecule is CC(C)C1=NNC(=O)N(/N=C/c2cccnc2)C1. The van der Waals surface area contributed by atoms with E-state index in [1.54, 1.807) is 18.6 Å². The van der Waals surface area contributed by atoms with Crippen LogP contribution in [0.1, 0.15) is 19.4 Å². The number of carbonyl (C=O) groups excluding carboxylic acids is 1. The van der Waals surface area contributed by atoms with Crippen LogP contribution in [-0.4, -0.2) is 34.5 Å². The monoisotopic (exact) mass is 245 g/mol. The number of hydrazone groups is 2. The zero-order valence-electron chi connectivity index (χ0n) is 10.4. The molecule has 2 amide bonds. The number of hydrogen-bond acceptors (Lipinski definition) is 4. The summed E-state index contributed by atoms with van der Waals surface area (Å²) in [5, 5.41) is 9.50. The molecule has 6 heteroatoms. The van der Waals surface area contributed by atoms with Crippen molar-refractivity contribution in [3.8, 4) is 0 Å². The van der Waals surface area contributed by atoms with Crippen LogP contribution in [-0.2, 0) is 0 Å². The number of urea groups is 1. The molecule has 18 heavy (non-hydrogen) atoms. The van der Waals surface area contributed by atoms with Crippen LogP contribution in [0.2, 0.25) is 0 Å². The van der Waals surface area contributed by atoms with Crippen molar-refractivity contribution in [1.29, 1.82) is 0 Å². The Kier molecular flexibility index (Phi) is 3.66. The third kappa shape index (κ3) is 2.91. The molecule has 94 valence electrons. The van der Waals surface area contributed by atoms with Gasteiger partial charge in [0.15, 0.2) is 0 Å². The van der Waals surface area contributed by atoms with Gasteiger partial charge in [0.25, 0.3) is 0 Å². The zero-order chi connectivity index (χ0) is 13.0. The highest BCUT2D eigenvalue weighted by atomic mass is 16.2. The van der Waals surface area contributed by atoms with E-state index in [1.807, 2.05) is 26.0 Å². The lowest BCUT2D eigenvalue weighted by molar-refractivity contribution is 0.203. The number of nitrogens with one attached hydrogen (secondary N) is 1. The van der Waals surface area contributed by atoms with E-state index >= 15 is 0 Å². The Bertz CT molecular complexity index is 481. The lowest BCUT2D eigenvalue weighted by Crippen LogP contribution is -2.44. The largest absolute Gasteiger partial charge is 0.358 e. The summed E-state index contributed by atoms with van der Waals surface area (Å²) in [6.07, 6.45) is 4.98. The van der Waals surface area contributed by atoms with E-state index in [9.17, 15) is 4.79 Å². The van der Waals surface area contributed by atoms with Gasteiger partial charge in [0.1, 0.15) is 0 Å². The molecule has 0 aliphatic carbocycles. The van der Waals surface area contributed by atoms with Crippen molar-refractivity contribution in [2.75, 3.05) is 6.54 Å². The molecule has 0 saturated heterocycles. The number of amides is 2. The molecule has 1 N–H and O–H groups in total. The van der Waals surface area contributed by atoms with Crippen molar-refractivity contribution < 1.29 is 4.79 Å². The topological polar surface area (TPSA) is 70.0 Å². The summed E-state index contributed by atoms with van der Waals surface area (Å²) in [6.45, 7) is 4.47. The van der Waals surface area contributed by atoms with Crippen LogP contribution in [0.5, 0.6) is 0 Å². The van der Waals surface area contributed by atoms with E-state index in [0.717, 1.165) is 11.3 Å². The van der Waals surface area contributed by atoms with Crippen molar-refractivity contribution in [3.63, 3.8) is 0 Å². The Morgan fingerprint density at radius 3 is 3.06 bits per heavy atom. The predicted molar refractivity (Wildman–Crippen MR) is 69.3 cm³/mol. The number of pyridine rings is 1. The average molecular weight is 245 g/mol. The number of nitrogens with zero attached hydrogens (tertiary/aromatic N) is 4. The lowest BCUT2D eigenvalue weighted by atomic mass is 10.1. The summed E-state index contributed by atoms with van der Waals surface area (Å²) in [5.74, 6) is 0.279. The van der Waals surface area contributed by atoms with Gasteiger partial charge in [-0.25, -0.2) is 15.2 Å². The van der Waals surface area contributed by atoms with Crippen LogP contribution in [0.15, 0.2) is 34.7 Å². The number of hydrogen-bond donors (Lipinski definition) is 1. The summed E-state index contributed by atoms with van der Waals surface area (Å²) >= 11 is 0. The molecule has 0 fully saturated rings. The molecule has 1 aromatic heterocycles. The van der Waals surface area contributed by atoms with Crippen LogP contribution < -0.4 is 5.43 Å². The summed E-state index contributed by atoms with van der Waals surface area (Å²) in [6, 6.07) is 3.37. The van der Waals surface area contributed by atoms with Gasteiger partial charge in [-0.15, -0.1) is 0 Å². The minimum Gasteiger partial charge on any atom is -0.264 e. The first-order chi connectivity index (χ1) is 8.66. The molecule has 1 aromatic rings. The molecule has 6 nitrogen and oxygen atoms in total. The molecule has 0 radical (unpaired) electrons. The second kappa shape index (κ2) is 5.39. The number of aromatic nitrogens is 1. The molecule has 0 aromatic carbocycles. The van der Waals surface area contributed by atoms with Crippen LogP contribution in [0.3, 0.4) is 0 Å². The Morgan fingerprint density at radius 1 is 1.56 bits per heavy atom. The second-order valence-corrected chi connectivity index (χ2v) is 4.26. The number of rotatable bonds is 3. The highest BCUT2D eigenvalue weighted by Gasteiger charge is 2.21. The quantitative estimate of drug-likeness (QED) is 0.819. The van der Waals surface area contributed by atoms with E-state index < -0.39 is 0 Å². The maximum atomic E-state index is 11.6. The molecule has 0 unspecified atom stereocenters. The first kappa shape index (κ1) is 12.2. The fourth-order valence-corrected chi connectivity index (χ4v) is 1.43. The lowest BCUT2D eigenvalue weighted by Gasteiger charge is -2.23. The Hall–Kier alpha value is -2.24. The molecule has 1 aliphatic heterocycles. The first-order valence-electron chi connectivity index (χ1n) is 5.75. The van der Waals surface area contributed by atoms with Gasteiger partial charge < -0.3 is 0 Å². The number of carbonyl (C=O) groups is 1. The third-order valence-electron chi connectivity index (χ3n) is 2.54. The van der Waals surface area contributed by atoms with Gasteiger partial charge in [-0.05, 0) is 12.0 Å². The molecule has 2 rings (SSSR count). The molecule has 0 spiro atoms. The van der Waals surface area contributed by atoms with Crippen molar-refractivity contribution in [2.45, 2.75) is 13.8 Å². The maximum absolute atomic E-state index is 11.6. The van der Waals surface area contributed by atoms with Crippen LogP contribution in [0, 0.1) is 5.92 Å². The summed E-state index contributed by atoms with van der Waals surface area (Å²) < 4.78 is 0. The standard InChI is InChI=1S/C12H15N5O/c1-9(2)11-8-17(12(18)16-15-11)14-7-10-4-3-5-13-6-10/h3-7,9H,8H2,1-2H3,(H,16,18)/b14-7+. The molecule has 0 atom stereocenters. The highest BCUT2D eigenvalue weighted by Crippen LogP contribution is 2.06. The van der Waals surface area contributed by atoms with Gasteiger partial charge in [-0.1, -0.05) is 19.9 Å². The van der Waals surface area contributed by atoms with Crippen molar-refractivity contribution >= 4 is 18.0 Å². The van der Waals surface area contributed by atoms with Crippen molar-refractivity contribution in [1.82, 2.24) is 15.4 Å². The molecular formula is C12H15N5O. The van der Waals surface area contributed by atoms with Crippen LogP contribution in [0.4, 0.5) is 4.79 Å². The Balaban J connectivity index is 2.08. The van der Waals surface area contributed by atoms with Crippen molar-refractivity contribution in [2.24, 2.45) is 16.1 Å². The Labute approximate surface area is 105 Å². The molecule has 0 bridgehead atoms. The fourth-order valence-electron chi connectivity index (χ4n) is 1.43. The van der Waals surface area contributed by atoms with Crippen LogP contribution in [0.25, 0.3) is 0 Å². The molecule has 2 heterocycles. The van der Waals surface area contributed by atoms with E-state index in [0.29, 0.717) is 6.54 Å². The van der Waals surface area contributed by atoms with Crippen molar-refractivity contribution in [3.05, 3.63) is 30.1 Å². The summed E-state index contributed by atoms with van der Waals surface area (Å²) in [7, 11) is 0. The van der Waals surface area contributed by atoms with Gasteiger partial charge in [0.05, 0.1) is 18.5 Å². The van der Waals surface area contributed by atoms with Gasteiger partial charge in [0, 0.05) is 18.0 Å². The fraction of sp³-hybridized carbons (Fsp3) is 0.333. The summed E-state index contributed by atoms with van der Waals surface area (Å²) in [4.78, 5) is 15.5. The highest BCUT2D eigenvalue weighted by molar-refractivity contribution is 5.94. The summed E-state index contributed by atoms with van der Waals surface area (Å²) in [5.41, 5.74) is 4.19. The van der Waals surface area contributed by atoms with Gasteiger partial charge in [-0.3, -0.25) is 4.98 Å². The first-order valence-corrected chi connectivity index (χ1v) is 5.75. The van der Waals surface area contributed by atoms with E-state index in [2.05, 4.69) is 20.6 Å². The van der Waals surface area contributed by atoms with Gasteiger partial charge >= 0.3 is 6.03 Å². The van der Waals surface area contributed by atoms with E-state index in [-0.39, 0.29) is 11.9 Å². The van der Waals surface area contributed by atoms with Gasteiger partial charge in [-0.2, -0.15) is 10.2 Å². The van der Waals surface area contributed by atoms with E-state index in [1.165, 1.54) is 5.01 Å². The zero-order valence-corrected chi connectivity index (χ0v) is 10.4. The van der Waals surface area contributed by atoms with E-state index in [4.69, 9.17) is 0 Å². The third-order valence-corrected chi connectivity index (χ3v) is 2.54. The minimum atomic E-state index is -0.320. The minimum absolute atomic E-state index is 0.279. The molecular weight excluding hydrogens is 230 g/mol. The van der Waals surface area contributed by atoms with Crippen LogP contribution >= 0.6 is 0 Å². The smallest absolute Gasteiger partial charge is 0.264 e. The van der Waals surface area contributed by atoms with Gasteiger partial charge in [0.2, 0.25) is 0 Å². The average Bonchev–Trinajstić information content (AvgIpc) is 2.38. The Morgan fingerprint density at radius 2 is 2.39 bits per heavy atom. The predicted octanol–water partition coefficient (Wildman–Crippen LogP) is 1.45. The normalized spacial score (nSPS) is 16.1. The molecule has 1 aliphatic rings. The second-order valence-electron chi connectivity index (χ2n) is 4.26. The maximum Gasteiger partial charge on any atom is 0.358 e.